The molecule has 3 N–H and O–H groups in total. The summed E-state index contributed by atoms with van der Waals surface area (Å²) >= 11 is 5.97. The molecule has 0 heterocycles. The van der Waals surface area contributed by atoms with Gasteiger partial charge >= 0.3 is 6.03 Å². The summed E-state index contributed by atoms with van der Waals surface area (Å²) in [5, 5.41) is 13.0. The number of carbonyl (C=O) groups excluding carboxylic acids is 1. The topological polar surface area (TPSA) is 70.6 Å². The minimum Gasteiger partial charge on any atom is -0.387 e. The van der Waals surface area contributed by atoms with Gasteiger partial charge in [-0.25, -0.2) is 10.3 Å². The zero-order chi connectivity index (χ0) is 15.8. The van der Waals surface area contributed by atoms with Crippen LogP contribution in [0.15, 0.2) is 54.6 Å². The van der Waals surface area contributed by atoms with Crippen molar-refractivity contribution in [2.24, 2.45) is 0 Å². The molecule has 0 saturated carbocycles. The second kappa shape index (κ2) is 8.38. The third-order valence-corrected chi connectivity index (χ3v) is 3.31. The monoisotopic (exact) mass is 320 g/mol. The van der Waals surface area contributed by atoms with E-state index in [2.05, 4.69) is 10.8 Å². The molecule has 0 aromatic heterocycles. The average Bonchev–Trinajstić information content (AvgIpc) is 2.54. The first-order valence-electron chi connectivity index (χ1n) is 6.79. The normalized spacial score (nSPS) is 11.7. The van der Waals surface area contributed by atoms with Crippen molar-refractivity contribution in [2.45, 2.75) is 12.7 Å². The van der Waals surface area contributed by atoms with Gasteiger partial charge in [-0.2, -0.15) is 0 Å². The zero-order valence-electron chi connectivity index (χ0n) is 11.8. The van der Waals surface area contributed by atoms with Crippen molar-refractivity contribution in [3.05, 3.63) is 70.7 Å². The van der Waals surface area contributed by atoms with Crippen LogP contribution >= 0.6 is 11.6 Å². The summed E-state index contributed by atoms with van der Waals surface area (Å²) in [6, 6.07) is 15.9. The van der Waals surface area contributed by atoms with E-state index < -0.39 is 12.1 Å². The van der Waals surface area contributed by atoms with Crippen molar-refractivity contribution in [1.29, 1.82) is 0 Å². The van der Waals surface area contributed by atoms with E-state index in [4.69, 9.17) is 16.4 Å². The molecule has 0 aliphatic heterocycles. The fourth-order valence-electron chi connectivity index (χ4n) is 1.84. The molecule has 116 valence electrons. The van der Waals surface area contributed by atoms with Crippen molar-refractivity contribution in [2.75, 3.05) is 6.54 Å². The van der Waals surface area contributed by atoms with E-state index >= 15 is 0 Å². The molecule has 1 unspecified atom stereocenters. The number of rotatable bonds is 6. The van der Waals surface area contributed by atoms with Gasteiger partial charge in [-0.3, -0.25) is 4.84 Å². The van der Waals surface area contributed by atoms with Gasteiger partial charge in [0.1, 0.15) is 0 Å². The molecule has 5 nitrogen and oxygen atoms in total. The molecule has 0 bridgehead atoms. The van der Waals surface area contributed by atoms with Gasteiger partial charge < -0.3 is 10.4 Å². The van der Waals surface area contributed by atoms with Crippen LogP contribution in [0.5, 0.6) is 0 Å². The maximum absolute atomic E-state index is 11.6. The van der Waals surface area contributed by atoms with Crippen LogP contribution in [0.1, 0.15) is 17.2 Å². The van der Waals surface area contributed by atoms with Crippen LogP contribution in [-0.4, -0.2) is 17.7 Å². The number of nitrogens with one attached hydrogen (secondary N) is 2. The molecule has 2 aromatic carbocycles. The van der Waals surface area contributed by atoms with Gasteiger partial charge in [-0.05, 0) is 11.6 Å². The van der Waals surface area contributed by atoms with E-state index in [1.54, 1.807) is 24.3 Å². The van der Waals surface area contributed by atoms with E-state index in [9.17, 15) is 9.90 Å². The first-order valence-corrected chi connectivity index (χ1v) is 7.16. The van der Waals surface area contributed by atoms with Crippen molar-refractivity contribution in [1.82, 2.24) is 10.8 Å². The van der Waals surface area contributed by atoms with Gasteiger partial charge in [-0.1, -0.05) is 60.1 Å². The van der Waals surface area contributed by atoms with E-state index in [-0.39, 0.29) is 13.2 Å². The number of hydrogen-bond donors (Lipinski definition) is 3. The number of halogens is 1. The number of carbonyl (C=O) groups is 1. The predicted molar refractivity (Wildman–Crippen MR) is 84.2 cm³/mol. The van der Waals surface area contributed by atoms with Crippen molar-refractivity contribution in [3.8, 4) is 0 Å². The molecule has 2 aromatic rings. The standard InChI is InChI=1S/C16H17ClN2O3/c17-14-9-5-4-8-13(14)15(20)10-18-16(21)19-22-11-12-6-2-1-3-7-12/h1-9,15,20H,10-11H2,(H2,18,19,21). The van der Waals surface area contributed by atoms with E-state index in [1.807, 2.05) is 30.3 Å². The lowest BCUT2D eigenvalue weighted by Gasteiger charge is -2.14. The number of urea groups is 1. The van der Waals surface area contributed by atoms with Gasteiger partial charge in [0.2, 0.25) is 0 Å². The van der Waals surface area contributed by atoms with E-state index in [0.717, 1.165) is 5.56 Å². The van der Waals surface area contributed by atoms with Crippen LogP contribution in [0.2, 0.25) is 5.02 Å². The smallest absolute Gasteiger partial charge is 0.338 e. The summed E-state index contributed by atoms with van der Waals surface area (Å²) in [5.74, 6) is 0. The van der Waals surface area contributed by atoms with Gasteiger partial charge in [-0.15, -0.1) is 0 Å². The summed E-state index contributed by atoms with van der Waals surface area (Å²) < 4.78 is 0. The largest absolute Gasteiger partial charge is 0.387 e. The Morgan fingerprint density at radius 3 is 2.55 bits per heavy atom. The highest BCUT2D eigenvalue weighted by Gasteiger charge is 2.12. The molecule has 0 spiro atoms. The Balaban J connectivity index is 1.70. The van der Waals surface area contributed by atoms with Crippen LogP contribution in [0.4, 0.5) is 4.79 Å². The molecular formula is C16H17ClN2O3. The fraction of sp³-hybridized carbons (Fsp3) is 0.188. The number of hydroxylamine groups is 1. The van der Waals surface area contributed by atoms with E-state index in [1.165, 1.54) is 0 Å². The Morgan fingerprint density at radius 2 is 1.82 bits per heavy atom. The minimum absolute atomic E-state index is 0.0320. The van der Waals surface area contributed by atoms with Crippen molar-refractivity contribution in [3.63, 3.8) is 0 Å². The zero-order valence-corrected chi connectivity index (χ0v) is 12.6. The molecular weight excluding hydrogens is 304 g/mol. The van der Waals surface area contributed by atoms with Gasteiger partial charge in [0.05, 0.1) is 12.7 Å². The summed E-state index contributed by atoms with van der Waals surface area (Å²) in [6.07, 6.45) is -0.881. The molecule has 2 rings (SSSR count). The number of aliphatic hydroxyl groups is 1. The lowest BCUT2D eigenvalue weighted by atomic mass is 10.1. The number of aliphatic hydroxyl groups excluding tert-OH is 1. The van der Waals surface area contributed by atoms with Crippen LogP contribution in [0.25, 0.3) is 0 Å². The number of benzene rings is 2. The molecule has 0 aliphatic carbocycles. The SMILES string of the molecule is O=C(NCC(O)c1ccccc1Cl)NOCc1ccccc1. The lowest BCUT2D eigenvalue weighted by Crippen LogP contribution is -2.37. The minimum atomic E-state index is -0.881. The van der Waals surface area contributed by atoms with Gasteiger partial charge in [0, 0.05) is 17.1 Å². The fourth-order valence-corrected chi connectivity index (χ4v) is 2.10. The Labute approximate surface area is 133 Å². The molecule has 0 radical (unpaired) electrons. The lowest BCUT2D eigenvalue weighted by molar-refractivity contribution is 0.0477. The summed E-state index contributed by atoms with van der Waals surface area (Å²) in [4.78, 5) is 16.6. The Morgan fingerprint density at radius 1 is 1.14 bits per heavy atom. The highest BCUT2D eigenvalue weighted by atomic mass is 35.5. The van der Waals surface area contributed by atoms with Crippen LogP contribution < -0.4 is 10.8 Å². The summed E-state index contributed by atoms with van der Waals surface area (Å²) in [6.45, 7) is 0.297. The average molecular weight is 321 g/mol. The Kier molecular flexibility index (Phi) is 6.21. The van der Waals surface area contributed by atoms with Crippen LogP contribution in [0.3, 0.4) is 0 Å². The molecule has 0 aliphatic rings. The number of hydrogen-bond acceptors (Lipinski definition) is 3. The van der Waals surface area contributed by atoms with Crippen molar-refractivity contribution >= 4 is 17.6 Å². The summed E-state index contributed by atoms with van der Waals surface area (Å²) in [5.41, 5.74) is 3.77. The Bertz CT molecular complexity index is 607. The van der Waals surface area contributed by atoms with E-state index in [0.29, 0.717) is 10.6 Å². The quantitative estimate of drug-likeness (QED) is 0.717. The van der Waals surface area contributed by atoms with Gasteiger partial charge in [0.15, 0.2) is 0 Å². The predicted octanol–water partition coefficient (Wildman–Crippen LogP) is 2.80. The van der Waals surface area contributed by atoms with Gasteiger partial charge in [0.25, 0.3) is 0 Å². The number of amides is 2. The highest BCUT2D eigenvalue weighted by molar-refractivity contribution is 6.31. The van der Waals surface area contributed by atoms with Crippen LogP contribution in [-0.2, 0) is 11.4 Å². The third-order valence-electron chi connectivity index (χ3n) is 2.97. The first kappa shape index (κ1) is 16.3. The second-order valence-corrected chi connectivity index (χ2v) is 5.03. The molecule has 0 saturated heterocycles. The Hall–Kier alpha value is -2.08. The highest BCUT2D eigenvalue weighted by Crippen LogP contribution is 2.21. The molecule has 2 amide bonds. The maximum Gasteiger partial charge on any atom is 0.338 e. The molecule has 1 atom stereocenters. The first-order chi connectivity index (χ1) is 10.7. The third kappa shape index (κ3) is 5.04. The van der Waals surface area contributed by atoms with Crippen molar-refractivity contribution < 1.29 is 14.7 Å². The van der Waals surface area contributed by atoms with Crippen LogP contribution in [0, 0.1) is 0 Å². The molecule has 0 fully saturated rings. The summed E-state index contributed by atoms with van der Waals surface area (Å²) in [7, 11) is 0. The second-order valence-electron chi connectivity index (χ2n) is 4.62. The molecule has 6 heteroatoms. The molecule has 22 heavy (non-hydrogen) atoms. The maximum atomic E-state index is 11.6.